The minimum Gasteiger partial charge on any atom is -0.383 e. The van der Waals surface area contributed by atoms with Gasteiger partial charge in [-0.15, -0.1) is 0 Å². The van der Waals surface area contributed by atoms with Crippen molar-refractivity contribution in [3.05, 3.63) is 33.2 Å². The molecule has 106 valence electrons. The lowest BCUT2D eigenvalue weighted by atomic mass is 10.1. The van der Waals surface area contributed by atoms with Crippen LogP contribution in [0.1, 0.15) is 35.0 Å². The highest BCUT2D eigenvalue weighted by molar-refractivity contribution is 5.94. The minimum atomic E-state index is -0.340. The highest BCUT2D eigenvalue weighted by atomic mass is 16.5. The predicted octanol–water partition coefficient (Wildman–Crippen LogP) is 1.16. The number of aromatic nitrogens is 1. The van der Waals surface area contributed by atoms with Crippen molar-refractivity contribution in [2.75, 3.05) is 13.7 Å². The van der Waals surface area contributed by atoms with Crippen LogP contribution in [0.4, 0.5) is 0 Å². The molecule has 1 aromatic rings. The molecule has 1 amide bonds. The van der Waals surface area contributed by atoms with Gasteiger partial charge in [0.05, 0.1) is 12.6 Å². The van der Waals surface area contributed by atoms with Crippen molar-refractivity contribution in [1.82, 2.24) is 9.88 Å². The molecule has 1 rings (SSSR count). The fourth-order valence-corrected chi connectivity index (χ4v) is 1.87. The van der Waals surface area contributed by atoms with E-state index in [1.54, 1.807) is 20.2 Å². The fraction of sp³-hybridized carbons (Fsp3) is 0.571. The van der Waals surface area contributed by atoms with E-state index in [0.717, 1.165) is 17.7 Å². The first kappa shape index (κ1) is 15.4. The van der Waals surface area contributed by atoms with Crippen LogP contribution in [0.2, 0.25) is 0 Å². The number of amides is 1. The molecule has 0 saturated heterocycles. The number of carbonyl (C=O) groups excluding carboxylic acids is 1. The first-order valence-corrected chi connectivity index (χ1v) is 6.39. The Kier molecular flexibility index (Phi) is 5.30. The quantitative estimate of drug-likeness (QED) is 0.870. The van der Waals surface area contributed by atoms with Gasteiger partial charge in [-0.3, -0.25) is 9.59 Å². The molecule has 19 heavy (non-hydrogen) atoms. The molecule has 0 fully saturated rings. The molecular weight excluding hydrogens is 244 g/mol. The maximum atomic E-state index is 12.1. The first-order valence-electron chi connectivity index (χ1n) is 6.39. The number of nitrogens with zero attached hydrogens (tertiary/aromatic N) is 1. The maximum absolute atomic E-state index is 12.1. The van der Waals surface area contributed by atoms with Crippen LogP contribution in [0, 0.1) is 13.8 Å². The second-order valence-electron chi connectivity index (χ2n) is 4.72. The molecule has 1 atom stereocenters. The highest BCUT2D eigenvalue weighted by Crippen LogP contribution is 2.05. The summed E-state index contributed by atoms with van der Waals surface area (Å²) in [7, 11) is 3.26. The second-order valence-corrected chi connectivity index (χ2v) is 4.72. The van der Waals surface area contributed by atoms with Crippen molar-refractivity contribution in [2.45, 2.75) is 33.2 Å². The average molecular weight is 266 g/mol. The number of hydrogen-bond donors (Lipinski definition) is 1. The monoisotopic (exact) mass is 266 g/mol. The molecule has 0 aliphatic heterocycles. The lowest BCUT2D eigenvalue weighted by Gasteiger charge is -2.16. The molecule has 0 aliphatic rings. The van der Waals surface area contributed by atoms with E-state index in [1.807, 2.05) is 20.8 Å². The van der Waals surface area contributed by atoms with Gasteiger partial charge in [-0.05, 0) is 31.9 Å². The third kappa shape index (κ3) is 3.44. The van der Waals surface area contributed by atoms with Crippen molar-refractivity contribution in [3.63, 3.8) is 0 Å². The number of pyridine rings is 1. The van der Waals surface area contributed by atoms with Gasteiger partial charge in [0.2, 0.25) is 0 Å². The summed E-state index contributed by atoms with van der Waals surface area (Å²) in [6.07, 6.45) is 0.755. The molecule has 0 aliphatic carbocycles. The summed E-state index contributed by atoms with van der Waals surface area (Å²) in [6.45, 7) is 6.14. The van der Waals surface area contributed by atoms with E-state index in [2.05, 4.69) is 5.32 Å². The van der Waals surface area contributed by atoms with Crippen LogP contribution in [-0.2, 0) is 11.8 Å². The summed E-state index contributed by atoms with van der Waals surface area (Å²) in [5.41, 5.74) is 1.70. The number of hydrogen-bond acceptors (Lipinski definition) is 3. The average Bonchev–Trinajstić information content (AvgIpc) is 2.39. The second kappa shape index (κ2) is 6.52. The van der Waals surface area contributed by atoms with Crippen LogP contribution >= 0.6 is 0 Å². The number of aryl methyl sites for hydroxylation is 1. The summed E-state index contributed by atoms with van der Waals surface area (Å²) < 4.78 is 6.53. The number of rotatable bonds is 5. The van der Waals surface area contributed by atoms with E-state index < -0.39 is 0 Å². The van der Waals surface area contributed by atoms with Gasteiger partial charge in [0, 0.05) is 19.9 Å². The number of methoxy groups -OCH3 is 1. The number of nitrogens with one attached hydrogen (secondary N) is 1. The summed E-state index contributed by atoms with van der Waals surface area (Å²) in [6, 6.07) is 1.57. The molecular formula is C14H22N2O3. The van der Waals surface area contributed by atoms with Crippen molar-refractivity contribution in [2.24, 2.45) is 7.05 Å². The Bertz CT molecular complexity index is 520. The molecule has 5 heteroatoms. The Morgan fingerprint density at radius 2 is 2.11 bits per heavy atom. The van der Waals surface area contributed by atoms with Crippen molar-refractivity contribution in [3.8, 4) is 0 Å². The van der Waals surface area contributed by atoms with E-state index >= 15 is 0 Å². The lowest BCUT2D eigenvalue weighted by molar-refractivity contribution is 0.0892. The van der Waals surface area contributed by atoms with Crippen LogP contribution < -0.4 is 10.9 Å². The molecule has 5 nitrogen and oxygen atoms in total. The Hall–Kier alpha value is -1.62. The Labute approximate surface area is 113 Å². The molecule has 0 aromatic carbocycles. The molecule has 0 spiro atoms. The third-order valence-electron chi connectivity index (χ3n) is 3.41. The maximum Gasteiger partial charge on any atom is 0.263 e. The molecule has 0 bridgehead atoms. The highest BCUT2D eigenvalue weighted by Gasteiger charge is 2.17. The van der Waals surface area contributed by atoms with E-state index in [0.29, 0.717) is 6.61 Å². The zero-order valence-corrected chi connectivity index (χ0v) is 12.2. The van der Waals surface area contributed by atoms with Gasteiger partial charge < -0.3 is 14.6 Å². The topological polar surface area (TPSA) is 60.3 Å². The lowest BCUT2D eigenvalue weighted by Crippen LogP contribution is -2.41. The summed E-state index contributed by atoms with van der Waals surface area (Å²) in [5, 5.41) is 2.82. The Morgan fingerprint density at radius 1 is 1.47 bits per heavy atom. The molecule has 1 aromatic heterocycles. The van der Waals surface area contributed by atoms with Crippen LogP contribution in [0.3, 0.4) is 0 Å². The Morgan fingerprint density at radius 3 is 2.63 bits per heavy atom. The van der Waals surface area contributed by atoms with Gasteiger partial charge in [-0.1, -0.05) is 6.92 Å². The molecule has 1 heterocycles. The van der Waals surface area contributed by atoms with E-state index in [-0.39, 0.29) is 23.1 Å². The number of carbonyl (C=O) groups is 1. The number of ether oxygens (including phenoxy) is 1. The minimum absolute atomic E-state index is 0.0798. The molecule has 0 saturated carbocycles. The summed E-state index contributed by atoms with van der Waals surface area (Å²) >= 11 is 0. The van der Waals surface area contributed by atoms with Gasteiger partial charge in [0.15, 0.2) is 0 Å². The largest absolute Gasteiger partial charge is 0.383 e. The van der Waals surface area contributed by atoms with Crippen LogP contribution in [0.25, 0.3) is 0 Å². The molecule has 1 N–H and O–H groups in total. The van der Waals surface area contributed by atoms with Crippen molar-refractivity contribution >= 4 is 5.91 Å². The van der Waals surface area contributed by atoms with Crippen LogP contribution in [0.15, 0.2) is 10.9 Å². The van der Waals surface area contributed by atoms with Gasteiger partial charge in [0.1, 0.15) is 5.56 Å². The zero-order valence-electron chi connectivity index (χ0n) is 12.2. The van der Waals surface area contributed by atoms with Crippen LogP contribution in [0.5, 0.6) is 0 Å². The Balaban J connectivity index is 3.04. The van der Waals surface area contributed by atoms with Gasteiger partial charge in [0.25, 0.3) is 11.5 Å². The van der Waals surface area contributed by atoms with Gasteiger partial charge in [-0.25, -0.2) is 0 Å². The summed E-state index contributed by atoms with van der Waals surface area (Å²) in [5.74, 6) is -0.340. The standard InChI is InChI=1S/C14H22N2O3/c1-6-11(8-19-5)15-13(17)12-7-9(2)10(3)16(4)14(12)18/h7,11H,6,8H2,1-5H3,(H,15,17)/t11-/m1/s1. The fourth-order valence-electron chi connectivity index (χ4n) is 1.87. The van der Waals surface area contributed by atoms with Crippen LogP contribution in [-0.4, -0.2) is 30.2 Å². The first-order chi connectivity index (χ1) is 8.92. The van der Waals surface area contributed by atoms with Gasteiger partial charge in [-0.2, -0.15) is 0 Å². The third-order valence-corrected chi connectivity index (χ3v) is 3.41. The van der Waals surface area contributed by atoms with E-state index in [9.17, 15) is 9.59 Å². The molecule has 0 unspecified atom stereocenters. The molecule has 0 radical (unpaired) electrons. The normalized spacial score (nSPS) is 12.3. The SMILES string of the molecule is CC[C@H](COC)NC(=O)c1cc(C)c(C)n(C)c1=O. The zero-order chi connectivity index (χ0) is 14.6. The van der Waals surface area contributed by atoms with E-state index in [1.165, 1.54) is 4.57 Å². The van der Waals surface area contributed by atoms with Crippen molar-refractivity contribution < 1.29 is 9.53 Å². The summed E-state index contributed by atoms with van der Waals surface area (Å²) in [4.78, 5) is 24.2. The predicted molar refractivity (Wildman–Crippen MR) is 74.6 cm³/mol. The van der Waals surface area contributed by atoms with Crippen molar-refractivity contribution in [1.29, 1.82) is 0 Å². The van der Waals surface area contributed by atoms with E-state index in [4.69, 9.17) is 4.74 Å². The van der Waals surface area contributed by atoms with Gasteiger partial charge >= 0.3 is 0 Å². The smallest absolute Gasteiger partial charge is 0.263 e.